The highest BCUT2D eigenvalue weighted by Gasteiger charge is 2.07. The summed E-state index contributed by atoms with van der Waals surface area (Å²) >= 11 is 0. The van der Waals surface area contributed by atoms with Crippen LogP contribution in [-0.4, -0.2) is 15.9 Å². The fraction of sp³-hybridized carbons (Fsp3) is 0. The third-order valence-corrected chi connectivity index (χ3v) is 4.12. The Morgan fingerprint density at radius 2 is 1.62 bits per heavy atom. The largest absolute Gasteiger partial charge is 0.457 e. The Kier molecular flexibility index (Phi) is 5.04. The monoisotopic (exact) mass is 380 g/mol. The quantitative estimate of drug-likeness (QED) is 0.489. The first-order valence-electron chi connectivity index (χ1n) is 8.83. The second-order valence-corrected chi connectivity index (χ2v) is 6.12. The molecule has 1 amide bonds. The van der Waals surface area contributed by atoms with Crippen LogP contribution in [0.2, 0.25) is 0 Å². The number of hydrogen-bond donors (Lipinski definition) is 2. The number of fused-ring (bicyclic) bond motifs is 1. The fourth-order valence-corrected chi connectivity index (χ4v) is 2.77. The molecule has 4 aromatic rings. The molecule has 1 heterocycles. The van der Waals surface area contributed by atoms with Gasteiger partial charge in [-0.15, -0.1) is 6.42 Å². The molecule has 0 aliphatic heterocycles. The lowest BCUT2D eigenvalue weighted by molar-refractivity contribution is -0.111. The summed E-state index contributed by atoms with van der Waals surface area (Å²) in [6.45, 7) is 0. The summed E-state index contributed by atoms with van der Waals surface area (Å²) in [6, 6.07) is 22.5. The van der Waals surface area contributed by atoms with Crippen LogP contribution < -0.4 is 15.4 Å². The highest BCUT2D eigenvalue weighted by atomic mass is 16.5. The van der Waals surface area contributed by atoms with E-state index in [1.165, 1.54) is 6.33 Å². The van der Waals surface area contributed by atoms with Crippen molar-refractivity contribution < 1.29 is 9.53 Å². The molecule has 0 bridgehead atoms. The number of para-hydroxylation sites is 1. The number of ether oxygens (including phenoxy) is 1. The Morgan fingerprint density at radius 3 is 2.38 bits per heavy atom. The van der Waals surface area contributed by atoms with E-state index in [0.29, 0.717) is 17.0 Å². The maximum atomic E-state index is 11.4. The molecule has 3 aromatic carbocycles. The molecule has 0 atom stereocenters. The van der Waals surface area contributed by atoms with Crippen molar-refractivity contribution in [3.05, 3.63) is 79.1 Å². The number of aromatic nitrogens is 2. The van der Waals surface area contributed by atoms with Gasteiger partial charge in [0.05, 0.1) is 5.52 Å². The summed E-state index contributed by atoms with van der Waals surface area (Å²) in [5.74, 6) is 3.69. The minimum absolute atomic E-state index is 0.505. The summed E-state index contributed by atoms with van der Waals surface area (Å²) in [4.78, 5) is 20.0. The van der Waals surface area contributed by atoms with Gasteiger partial charge in [-0.3, -0.25) is 4.79 Å². The SMILES string of the molecule is C#CC(=O)Nc1ccc2c(Nc3ccc(Oc4ccccc4)cc3)ncnc2c1. The second-order valence-electron chi connectivity index (χ2n) is 6.12. The smallest absolute Gasteiger partial charge is 0.300 e. The van der Waals surface area contributed by atoms with Crippen molar-refractivity contribution in [2.75, 3.05) is 10.6 Å². The zero-order valence-electron chi connectivity index (χ0n) is 15.3. The van der Waals surface area contributed by atoms with Crippen molar-refractivity contribution in [3.63, 3.8) is 0 Å². The first-order chi connectivity index (χ1) is 14.2. The summed E-state index contributed by atoms with van der Waals surface area (Å²) in [7, 11) is 0. The molecule has 29 heavy (non-hydrogen) atoms. The Bertz CT molecular complexity index is 1200. The molecule has 0 spiro atoms. The van der Waals surface area contributed by atoms with Crippen LogP contribution in [0.15, 0.2) is 79.1 Å². The van der Waals surface area contributed by atoms with Crippen molar-refractivity contribution in [1.29, 1.82) is 0 Å². The molecular weight excluding hydrogens is 364 g/mol. The number of anilines is 3. The van der Waals surface area contributed by atoms with Gasteiger partial charge in [0.25, 0.3) is 5.91 Å². The number of carbonyl (C=O) groups excluding carboxylic acids is 1. The van der Waals surface area contributed by atoms with Crippen LogP contribution in [0.4, 0.5) is 17.2 Å². The second kappa shape index (κ2) is 8.11. The lowest BCUT2D eigenvalue weighted by atomic mass is 10.2. The molecule has 0 saturated carbocycles. The van der Waals surface area contributed by atoms with E-state index in [1.807, 2.05) is 66.6 Å². The zero-order valence-corrected chi connectivity index (χ0v) is 15.3. The molecular formula is C23H16N4O2. The molecule has 0 aliphatic rings. The van der Waals surface area contributed by atoms with E-state index in [9.17, 15) is 4.79 Å². The van der Waals surface area contributed by atoms with Crippen LogP contribution in [0.5, 0.6) is 11.5 Å². The molecule has 0 fully saturated rings. The summed E-state index contributed by atoms with van der Waals surface area (Å²) < 4.78 is 5.81. The average molecular weight is 380 g/mol. The van der Waals surface area contributed by atoms with E-state index in [-0.39, 0.29) is 0 Å². The van der Waals surface area contributed by atoms with Crippen molar-refractivity contribution in [1.82, 2.24) is 9.97 Å². The number of carbonyl (C=O) groups is 1. The Hall–Kier alpha value is -4.37. The third-order valence-electron chi connectivity index (χ3n) is 4.12. The first kappa shape index (κ1) is 18.0. The number of terminal acetylenes is 1. The van der Waals surface area contributed by atoms with Gasteiger partial charge in [0.15, 0.2) is 0 Å². The van der Waals surface area contributed by atoms with Crippen LogP contribution >= 0.6 is 0 Å². The van der Waals surface area contributed by atoms with Crippen molar-refractivity contribution in [2.45, 2.75) is 0 Å². The zero-order chi connectivity index (χ0) is 20.1. The highest BCUT2D eigenvalue weighted by Crippen LogP contribution is 2.27. The van der Waals surface area contributed by atoms with Gasteiger partial charge < -0.3 is 15.4 Å². The van der Waals surface area contributed by atoms with E-state index in [1.54, 1.807) is 12.1 Å². The van der Waals surface area contributed by atoms with E-state index >= 15 is 0 Å². The highest BCUT2D eigenvalue weighted by molar-refractivity contribution is 6.04. The lowest BCUT2D eigenvalue weighted by Crippen LogP contribution is -2.08. The van der Waals surface area contributed by atoms with Gasteiger partial charge in [-0.2, -0.15) is 0 Å². The number of hydrogen-bond acceptors (Lipinski definition) is 5. The summed E-state index contributed by atoms with van der Waals surface area (Å²) in [6.07, 6.45) is 6.55. The van der Waals surface area contributed by atoms with Gasteiger partial charge in [-0.05, 0) is 60.5 Å². The van der Waals surface area contributed by atoms with Crippen LogP contribution in [0, 0.1) is 12.3 Å². The molecule has 0 aliphatic carbocycles. The number of rotatable bonds is 5. The Balaban J connectivity index is 1.53. The van der Waals surface area contributed by atoms with Crippen LogP contribution in [0.25, 0.3) is 10.9 Å². The fourth-order valence-electron chi connectivity index (χ4n) is 2.77. The van der Waals surface area contributed by atoms with Crippen molar-refractivity contribution >= 4 is 34.0 Å². The lowest BCUT2D eigenvalue weighted by Gasteiger charge is -2.10. The first-order valence-corrected chi connectivity index (χ1v) is 8.83. The van der Waals surface area contributed by atoms with Crippen LogP contribution in [0.1, 0.15) is 0 Å². The van der Waals surface area contributed by atoms with E-state index in [0.717, 1.165) is 22.6 Å². The van der Waals surface area contributed by atoms with Gasteiger partial charge >= 0.3 is 0 Å². The molecule has 140 valence electrons. The molecule has 6 heteroatoms. The molecule has 6 nitrogen and oxygen atoms in total. The maximum absolute atomic E-state index is 11.4. The minimum atomic E-state index is -0.505. The van der Waals surface area contributed by atoms with Gasteiger partial charge in [0, 0.05) is 16.8 Å². The van der Waals surface area contributed by atoms with E-state index in [2.05, 4.69) is 20.6 Å². The maximum Gasteiger partial charge on any atom is 0.300 e. The van der Waals surface area contributed by atoms with E-state index in [4.69, 9.17) is 11.2 Å². The standard InChI is InChI=1S/C23H16N4O2/c1-2-22(28)26-17-10-13-20-21(14-17)24-15-25-23(20)27-16-8-11-19(12-9-16)29-18-6-4-3-5-7-18/h1,3-15H,(H,26,28)(H,24,25,27). The number of nitrogens with zero attached hydrogens (tertiary/aromatic N) is 2. The molecule has 0 radical (unpaired) electrons. The Morgan fingerprint density at radius 1 is 0.897 bits per heavy atom. The molecule has 4 rings (SSSR count). The van der Waals surface area contributed by atoms with Crippen molar-refractivity contribution in [3.8, 4) is 23.8 Å². The Labute approximate surface area is 167 Å². The molecule has 1 aromatic heterocycles. The summed E-state index contributed by atoms with van der Waals surface area (Å²) in [5, 5.41) is 6.71. The topological polar surface area (TPSA) is 76.1 Å². The molecule has 0 saturated heterocycles. The predicted octanol–water partition coefficient (Wildman–Crippen LogP) is 4.74. The van der Waals surface area contributed by atoms with E-state index < -0.39 is 5.91 Å². The number of amides is 1. The third kappa shape index (κ3) is 4.31. The number of benzene rings is 3. The summed E-state index contributed by atoms with van der Waals surface area (Å²) in [5.41, 5.74) is 2.11. The van der Waals surface area contributed by atoms with Gasteiger partial charge in [0.1, 0.15) is 23.6 Å². The normalized spacial score (nSPS) is 10.2. The predicted molar refractivity (Wildman–Crippen MR) is 113 cm³/mol. The van der Waals surface area contributed by atoms with Crippen LogP contribution in [-0.2, 0) is 4.79 Å². The van der Waals surface area contributed by atoms with Gasteiger partial charge in [-0.25, -0.2) is 9.97 Å². The van der Waals surface area contributed by atoms with Crippen molar-refractivity contribution in [2.24, 2.45) is 0 Å². The average Bonchev–Trinajstić information content (AvgIpc) is 2.76. The number of nitrogens with one attached hydrogen (secondary N) is 2. The van der Waals surface area contributed by atoms with Gasteiger partial charge in [-0.1, -0.05) is 18.2 Å². The van der Waals surface area contributed by atoms with Crippen LogP contribution in [0.3, 0.4) is 0 Å². The molecule has 0 unspecified atom stereocenters. The minimum Gasteiger partial charge on any atom is -0.457 e. The molecule has 2 N–H and O–H groups in total. The van der Waals surface area contributed by atoms with Gasteiger partial charge in [0.2, 0.25) is 0 Å².